The highest BCUT2D eigenvalue weighted by Gasteiger charge is 2.41. The summed E-state index contributed by atoms with van der Waals surface area (Å²) in [5.41, 5.74) is 1.44. The number of amides is 3. The molecule has 3 rings (SSSR count). The van der Waals surface area contributed by atoms with Gasteiger partial charge in [-0.3, -0.25) is 9.69 Å². The van der Waals surface area contributed by atoms with E-state index in [1.54, 1.807) is 4.90 Å². The van der Waals surface area contributed by atoms with E-state index in [1.165, 1.54) is 7.11 Å². The molecule has 0 aliphatic carbocycles. The van der Waals surface area contributed by atoms with E-state index in [0.29, 0.717) is 31.8 Å². The number of esters is 1. The topological polar surface area (TPSA) is 79.4 Å². The molecule has 1 aromatic carbocycles. The third kappa shape index (κ3) is 6.89. The molecular weight excluding hydrogens is 446 g/mol. The highest BCUT2D eigenvalue weighted by atomic mass is 16.6. The predicted octanol–water partition coefficient (Wildman–Crippen LogP) is 4.85. The fourth-order valence-corrected chi connectivity index (χ4v) is 4.83. The number of rotatable bonds is 7. The Balaban J connectivity index is 1.52. The zero-order valence-corrected chi connectivity index (χ0v) is 22.1. The number of likely N-dealkylation sites (tertiary alicyclic amines) is 1. The second kappa shape index (κ2) is 11.3. The first-order valence-corrected chi connectivity index (χ1v) is 12.7. The summed E-state index contributed by atoms with van der Waals surface area (Å²) in [7, 11) is 1.39. The van der Waals surface area contributed by atoms with Gasteiger partial charge in [0.1, 0.15) is 5.60 Å². The van der Waals surface area contributed by atoms with E-state index in [2.05, 4.69) is 13.8 Å². The van der Waals surface area contributed by atoms with E-state index >= 15 is 0 Å². The first-order valence-electron chi connectivity index (χ1n) is 12.7. The minimum Gasteiger partial charge on any atom is -0.469 e. The van der Waals surface area contributed by atoms with Crippen molar-refractivity contribution >= 4 is 23.8 Å². The van der Waals surface area contributed by atoms with Gasteiger partial charge in [-0.15, -0.1) is 0 Å². The molecule has 194 valence electrons. The van der Waals surface area contributed by atoms with Gasteiger partial charge in [-0.1, -0.05) is 12.1 Å². The van der Waals surface area contributed by atoms with Gasteiger partial charge < -0.3 is 19.3 Å². The molecule has 0 aromatic heterocycles. The van der Waals surface area contributed by atoms with Crippen LogP contribution in [0.4, 0.5) is 15.3 Å². The van der Waals surface area contributed by atoms with Crippen LogP contribution in [0.3, 0.4) is 0 Å². The van der Waals surface area contributed by atoms with Crippen molar-refractivity contribution in [3.8, 4) is 0 Å². The monoisotopic (exact) mass is 487 g/mol. The minimum absolute atomic E-state index is 0.0403. The van der Waals surface area contributed by atoms with Gasteiger partial charge in [-0.25, -0.2) is 9.59 Å². The molecule has 2 aliphatic heterocycles. The molecule has 0 N–H and O–H groups in total. The lowest BCUT2D eigenvalue weighted by molar-refractivity contribution is -0.140. The maximum Gasteiger partial charge on any atom is 0.410 e. The number of piperidine rings is 1. The van der Waals surface area contributed by atoms with Crippen LogP contribution >= 0.6 is 0 Å². The van der Waals surface area contributed by atoms with Crippen molar-refractivity contribution in [2.75, 3.05) is 31.6 Å². The fourth-order valence-electron chi connectivity index (χ4n) is 4.83. The van der Waals surface area contributed by atoms with Crippen LogP contribution in [0.15, 0.2) is 24.3 Å². The molecule has 2 heterocycles. The Morgan fingerprint density at radius 2 is 1.66 bits per heavy atom. The molecule has 2 atom stereocenters. The second-order valence-corrected chi connectivity index (χ2v) is 10.8. The van der Waals surface area contributed by atoms with Crippen LogP contribution in [0.2, 0.25) is 0 Å². The fraction of sp³-hybridized carbons (Fsp3) is 0.667. The number of aryl methyl sites for hydroxylation is 1. The largest absolute Gasteiger partial charge is 0.469 e. The van der Waals surface area contributed by atoms with Crippen LogP contribution in [0.5, 0.6) is 0 Å². The minimum atomic E-state index is -0.480. The molecular formula is C27H41N3O5. The lowest BCUT2D eigenvalue weighted by Gasteiger charge is -2.34. The van der Waals surface area contributed by atoms with E-state index < -0.39 is 5.60 Å². The Hall–Kier alpha value is -2.77. The van der Waals surface area contributed by atoms with Gasteiger partial charge in [0, 0.05) is 31.7 Å². The van der Waals surface area contributed by atoms with Crippen LogP contribution in [0, 0.1) is 5.92 Å². The van der Waals surface area contributed by atoms with Gasteiger partial charge in [0.05, 0.1) is 19.2 Å². The number of anilines is 1. The lowest BCUT2D eigenvalue weighted by atomic mass is 9.93. The molecule has 1 aromatic rings. The Labute approximate surface area is 209 Å². The van der Waals surface area contributed by atoms with Crippen LogP contribution in [0.1, 0.15) is 65.9 Å². The Kier molecular flexibility index (Phi) is 8.67. The summed E-state index contributed by atoms with van der Waals surface area (Å²) in [5, 5.41) is 0. The van der Waals surface area contributed by atoms with Gasteiger partial charge in [0.25, 0.3) is 0 Å². The van der Waals surface area contributed by atoms with Crippen molar-refractivity contribution in [3.05, 3.63) is 29.8 Å². The van der Waals surface area contributed by atoms with Crippen molar-refractivity contribution < 1.29 is 23.9 Å². The summed E-state index contributed by atoms with van der Waals surface area (Å²) in [6, 6.07) is 8.10. The number of benzene rings is 1. The Bertz CT molecular complexity index is 887. The third-order valence-electron chi connectivity index (χ3n) is 7.15. The van der Waals surface area contributed by atoms with E-state index in [4.69, 9.17) is 9.47 Å². The third-order valence-corrected chi connectivity index (χ3v) is 7.15. The normalized spacial score (nSPS) is 21.4. The summed E-state index contributed by atoms with van der Waals surface area (Å²) in [5.74, 6) is 0.268. The number of ether oxygens (including phenoxy) is 2. The molecule has 0 radical (unpaired) electrons. The zero-order valence-electron chi connectivity index (χ0n) is 22.1. The molecule has 2 saturated heterocycles. The molecule has 2 aliphatic rings. The number of carbonyl (C=O) groups excluding carboxylic acids is 3. The first kappa shape index (κ1) is 26.8. The number of hydrogen-bond donors (Lipinski definition) is 0. The summed E-state index contributed by atoms with van der Waals surface area (Å²) < 4.78 is 10.2. The van der Waals surface area contributed by atoms with Gasteiger partial charge >= 0.3 is 18.1 Å². The molecule has 3 amide bonds. The highest BCUT2D eigenvalue weighted by Crippen LogP contribution is 2.31. The molecule has 2 fully saturated rings. The van der Waals surface area contributed by atoms with Crippen molar-refractivity contribution in [2.45, 2.75) is 84.4 Å². The van der Waals surface area contributed by atoms with Crippen LogP contribution in [-0.4, -0.2) is 72.3 Å². The maximum atomic E-state index is 13.3. The van der Waals surface area contributed by atoms with E-state index in [1.807, 2.05) is 54.8 Å². The zero-order chi connectivity index (χ0) is 25.8. The number of carbonyl (C=O) groups is 3. The summed E-state index contributed by atoms with van der Waals surface area (Å²) in [4.78, 5) is 42.7. The summed E-state index contributed by atoms with van der Waals surface area (Å²) in [6.45, 7) is 12.0. The van der Waals surface area contributed by atoms with Crippen molar-refractivity contribution in [3.63, 3.8) is 0 Å². The first-order chi connectivity index (χ1) is 16.5. The SMILES string of the molecule is COC(=O)CCc1ccc(N2C(=O)N(CCC3CCN(C(=O)OC(C)(C)C)CC3)[C@@H](C)[C@H]2C)cc1. The number of methoxy groups -OCH3 is 1. The summed E-state index contributed by atoms with van der Waals surface area (Å²) in [6.07, 6.45) is 3.53. The lowest BCUT2D eigenvalue weighted by Crippen LogP contribution is -2.42. The Morgan fingerprint density at radius 3 is 2.23 bits per heavy atom. The molecule has 8 heteroatoms. The highest BCUT2D eigenvalue weighted by molar-refractivity contribution is 5.95. The van der Waals surface area contributed by atoms with Gasteiger partial charge in [-0.05, 0) is 83.9 Å². The second-order valence-electron chi connectivity index (χ2n) is 10.8. The van der Waals surface area contributed by atoms with Gasteiger partial charge in [0.2, 0.25) is 0 Å². The van der Waals surface area contributed by atoms with Crippen LogP contribution in [-0.2, 0) is 20.7 Å². The van der Waals surface area contributed by atoms with E-state index in [9.17, 15) is 14.4 Å². The predicted molar refractivity (Wildman–Crippen MR) is 135 cm³/mol. The van der Waals surface area contributed by atoms with Crippen molar-refractivity contribution in [2.24, 2.45) is 5.92 Å². The molecule has 35 heavy (non-hydrogen) atoms. The Morgan fingerprint density at radius 1 is 1.03 bits per heavy atom. The van der Waals surface area contributed by atoms with Gasteiger partial charge in [0.15, 0.2) is 0 Å². The van der Waals surface area contributed by atoms with Crippen LogP contribution in [0.25, 0.3) is 0 Å². The maximum absolute atomic E-state index is 13.3. The van der Waals surface area contributed by atoms with E-state index in [0.717, 1.165) is 37.1 Å². The smallest absolute Gasteiger partial charge is 0.410 e. The summed E-state index contributed by atoms with van der Waals surface area (Å²) >= 11 is 0. The number of urea groups is 1. The standard InChI is InChI=1S/C27H41N3O5/c1-19-20(2)30(23-10-7-21(8-11-23)9-12-24(31)34-6)25(32)29(19)18-15-22-13-16-28(17-14-22)26(33)35-27(3,4)5/h7-8,10-11,19-20,22H,9,12-18H2,1-6H3/t19-,20+/m0/s1. The average molecular weight is 488 g/mol. The van der Waals surface area contributed by atoms with Crippen LogP contribution < -0.4 is 4.90 Å². The van der Waals surface area contributed by atoms with Crippen molar-refractivity contribution in [1.29, 1.82) is 0 Å². The number of hydrogen-bond acceptors (Lipinski definition) is 5. The molecule has 0 unspecified atom stereocenters. The number of nitrogens with zero attached hydrogens (tertiary/aromatic N) is 3. The van der Waals surface area contributed by atoms with Crippen molar-refractivity contribution in [1.82, 2.24) is 9.80 Å². The van der Waals surface area contributed by atoms with Gasteiger partial charge in [-0.2, -0.15) is 0 Å². The molecule has 0 saturated carbocycles. The quantitative estimate of drug-likeness (QED) is 0.514. The average Bonchev–Trinajstić information content (AvgIpc) is 3.03. The molecule has 0 spiro atoms. The van der Waals surface area contributed by atoms with E-state index in [-0.39, 0.29) is 30.2 Å². The molecule has 8 nitrogen and oxygen atoms in total. The molecule has 0 bridgehead atoms.